The normalized spacial score (nSPS) is 32.3. The van der Waals surface area contributed by atoms with E-state index >= 15 is 0 Å². The van der Waals surface area contributed by atoms with E-state index in [4.69, 9.17) is 4.74 Å². The molecule has 27 heavy (non-hydrogen) atoms. The number of nitrogens with zero attached hydrogens (tertiary/aromatic N) is 1. The standard InChI is InChI=1S/C19H33N3O4S/c23-19(17-2-1-9-20-18(17)14-3-4-14)21-15-5-10-22(11-6-15)27(24,25)16-7-12-26-13-8-16/h14-18,20H,1-13H2,(H,21,23)/t17-,18-/m1/s1. The maximum Gasteiger partial charge on any atom is 0.224 e. The van der Waals surface area contributed by atoms with E-state index in [-0.39, 0.29) is 23.1 Å². The van der Waals surface area contributed by atoms with E-state index in [1.165, 1.54) is 12.8 Å². The Labute approximate surface area is 162 Å². The molecule has 4 fully saturated rings. The molecule has 7 nitrogen and oxygen atoms in total. The third kappa shape index (κ3) is 4.49. The molecule has 4 rings (SSSR count). The van der Waals surface area contributed by atoms with Crippen molar-refractivity contribution in [3.8, 4) is 0 Å². The van der Waals surface area contributed by atoms with Gasteiger partial charge in [-0.05, 0) is 63.8 Å². The van der Waals surface area contributed by atoms with E-state index in [9.17, 15) is 13.2 Å². The van der Waals surface area contributed by atoms with Crippen molar-refractivity contribution in [3.63, 3.8) is 0 Å². The Bertz CT molecular complexity index is 623. The number of carbonyl (C=O) groups is 1. The zero-order chi connectivity index (χ0) is 18.9. The summed E-state index contributed by atoms with van der Waals surface area (Å²) in [5.41, 5.74) is 0. The van der Waals surface area contributed by atoms with E-state index < -0.39 is 10.0 Å². The molecule has 8 heteroatoms. The lowest BCUT2D eigenvalue weighted by atomic mass is 9.86. The van der Waals surface area contributed by atoms with Gasteiger partial charge < -0.3 is 15.4 Å². The van der Waals surface area contributed by atoms with E-state index in [0.29, 0.717) is 63.9 Å². The molecular formula is C19H33N3O4S. The van der Waals surface area contributed by atoms with Crippen LogP contribution in [0.5, 0.6) is 0 Å². The van der Waals surface area contributed by atoms with Crippen LogP contribution in [0.2, 0.25) is 0 Å². The molecule has 2 N–H and O–H groups in total. The molecular weight excluding hydrogens is 366 g/mol. The topological polar surface area (TPSA) is 87.7 Å². The molecule has 2 atom stereocenters. The molecule has 0 spiro atoms. The average Bonchev–Trinajstić information content (AvgIpc) is 3.54. The summed E-state index contributed by atoms with van der Waals surface area (Å²) in [4.78, 5) is 12.8. The zero-order valence-corrected chi connectivity index (χ0v) is 16.9. The lowest BCUT2D eigenvalue weighted by molar-refractivity contribution is -0.128. The smallest absolute Gasteiger partial charge is 0.224 e. The van der Waals surface area contributed by atoms with Gasteiger partial charge in [0.15, 0.2) is 0 Å². The Morgan fingerprint density at radius 2 is 1.70 bits per heavy atom. The van der Waals surface area contributed by atoms with Crippen molar-refractivity contribution in [3.05, 3.63) is 0 Å². The van der Waals surface area contributed by atoms with Crippen LogP contribution in [-0.4, -0.2) is 68.8 Å². The second-order valence-electron chi connectivity index (χ2n) is 8.60. The predicted molar refractivity (Wildman–Crippen MR) is 103 cm³/mol. The van der Waals surface area contributed by atoms with Crippen LogP contribution >= 0.6 is 0 Å². The second kappa shape index (κ2) is 8.35. The van der Waals surface area contributed by atoms with Crippen molar-refractivity contribution in [1.29, 1.82) is 0 Å². The monoisotopic (exact) mass is 399 g/mol. The molecule has 1 saturated carbocycles. The molecule has 0 aromatic carbocycles. The van der Waals surface area contributed by atoms with Crippen LogP contribution in [0, 0.1) is 11.8 Å². The van der Waals surface area contributed by atoms with Gasteiger partial charge in [-0.3, -0.25) is 4.79 Å². The van der Waals surface area contributed by atoms with Crippen LogP contribution in [0.1, 0.15) is 51.4 Å². The van der Waals surface area contributed by atoms with Crippen molar-refractivity contribution in [2.24, 2.45) is 11.8 Å². The molecule has 0 unspecified atom stereocenters. The van der Waals surface area contributed by atoms with Crippen molar-refractivity contribution in [1.82, 2.24) is 14.9 Å². The molecule has 154 valence electrons. The summed E-state index contributed by atoms with van der Waals surface area (Å²) in [5, 5.41) is 6.49. The summed E-state index contributed by atoms with van der Waals surface area (Å²) in [7, 11) is -3.24. The molecule has 3 heterocycles. The first-order valence-electron chi connectivity index (χ1n) is 10.7. The van der Waals surface area contributed by atoms with Crippen LogP contribution in [0.15, 0.2) is 0 Å². The summed E-state index contributed by atoms with van der Waals surface area (Å²) in [5.74, 6) is 0.924. The minimum Gasteiger partial charge on any atom is -0.381 e. The number of sulfonamides is 1. The summed E-state index contributed by atoms with van der Waals surface area (Å²) >= 11 is 0. The van der Waals surface area contributed by atoms with Crippen molar-refractivity contribution >= 4 is 15.9 Å². The van der Waals surface area contributed by atoms with Gasteiger partial charge in [0.1, 0.15) is 0 Å². The lowest BCUT2D eigenvalue weighted by Gasteiger charge is -2.37. The largest absolute Gasteiger partial charge is 0.381 e. The SMILES string of the molecule is O=C(NC1CCN(S(=O)(=O)C2CCOCC2)CC1)[C@@H]1CCCN[C@@H]1C1CC1. The summed E-state index contributed by atoms with van der Waals surface area (Å²) in [6, 6.07) is 0.438. The number of ether oxygens (including phenoxy) is 1. The highest BCUT2D eigenvalue weighted by molar-refractivity contribution is 7.89. The number of piperidine rings is 2. The molecule has 0 bridgehead atoms. The Kier molecular flexibility index (Phi) is 6.06. The minimum absolute atomic E-state index is 0.0789. The maximum absolute atomic E-state index is 12.8. The quantitative estimate of drug-likeness (QED) is 0.716. The predicted octanol–water partition coefficient (Wildman–Crippen LogP) is 0.854. The molecule has 3 saturated heterocycles. The third-order valence-electron chi connectivity index (χ3n) is 6.72. The highest BCUT2D eigenvalue weighted by atomic mass is 32.2. The molecule has 4 aliphatic rings. The number of hydrogen-bond acceptors (Lipinski definition) is 5. The highest BCUT2D eigenvalue weighted by Gasteiger charge is 2.42. The van der Waals surface area contributed by atoms with Crippen LogP contribution in [0.4, 0.5) is 0 Å². The molecule has 0 radical (unpaired) electrons. The lowest BCUT2D eigenvalue weighted by Crippen LogP contribution is -2.54. The average molecular weight is 400 g/mol. The minimum atomic E-state index is -3.24. The Morgan fingerprint density at radius 3 is 2.37 bits per heavy atom. The Hall–Kier alpha value is -0.700. The molecule has 1 amide bonds. The van der Waals surface area contributed by atoms with Gasteiger partial charge in [-0.2, -0.15) is 0 Å². The van der Waals surface area contributed by atoms with Gasteiger partial charge in [0, 0.05) is 38.4 Å². The number of rotatable bonds is 5. The van der Waals surface area contributed by atoms with Crippen LogP contribution in [0.25, 0.3) is 0 Å². The van der Waals surface area contributed by atoms with Gasteiger partial charge in [0.05, 0.1) is 11.2 Å². The highest BCUT2D eigenvalue weighted by Crippen LogP contribution is 2.38. The summed E-state index contributed by atoms with van der Waals surface area (Å²) in [6.07, 6.45) is 7.12. The fourth-order valence-corrected chi connectivity index (χ4v) is 6.83. The maximum atomic E-state index is 12.8. The summed E-state index contributed by atoms with van der Waals surface area (Å²) < 4.78 is 32.6. The Morgan fingerprint density at radius 1 is 1.00 bits per heavy atom. The van der Waals surface area contributed by atoms with Crippen molar-refractivity contribution < 1.29 is 17.9 Å². The van der Waals surface area contributed by atoms with E-state index in [2.05, 4.69) is 10.6 Å². The first-order valence-corrected chi connectivity index (χ1v) is 12.2. The second-order valence-corrected chi connectivity index (χ2v) is 10.8. The van der Waals surface area contributed by atoms with Gasteiger partial charge >= 0.3 is 0 Å². The molecule has 1 aliphatic carbocycles. The van der Waals surface area contributed by atoms with Crippen molar-refractivity contribution in [2.45, 2.75) is 68.7 Å². The van der Waals surface area contributed by atoms with E-state index in [1.54, 1.807) is 4.31 Å². The molecule has 0 aromatic rings. The van der Waals surface area contributed by atoms with Gasteiger partial charge in [-0.25, -0.2) is 12.7 Å². The fourth-order valence-electron chi connectivity index (χ4n) is 4.90. The fraction of sp³-hybridized carbons (Fsp3) is 0.947. The van der Waals surface area contributed by atoms with Gasteiger partial charge in [0.25, 0.3) is 0 Å². The third-order valence-corrected chi connectivity index (χ3v) is 9.12. The number of carbonyl (C=O) groups excluding carboxylic acids is 1. The first-order chi connectivity index (χ1) is 13.1. The van der Waals surface area contributed by atoms with Crippen molar-refractivity contribution in [2.75, 3.05) is 32.8 Å². The summed E-state index contributed by atoms with van der Waals surface area (Å²) in [6.45, 7) is 3.12. The number of amides is 1. The number of hydrogen-bond donors (Lipinski definition) is 2. The Balaban J connectivity index is 1.28. The van der Waals surface area contributed by atoms with Gasteiger partial charge in [-0.15, -0.1) is 0 Å². The molecule has 0 aromatic heterocycles. The van der Waals surface area contributed by atoms with Gasteiger partial charge in [-0.1, -0.05) is 0 Å². The van der Waals surface area contributed by atoms with E-state index in [0.717, 1.165) is 19.4 Å². The number of nitrogens with one attached hydrogen (secondary N) is 2. The van der Waals surface area contributed by atoms with Crippen LogP contribution in [-0.2, 0) is 19.6 Å². The van der Waals surface area contributed by atoms with Crippen LogP contribution in [0.3, 0.4) is 0 Å². The zero-order valence-electron chi connectivity index (χ0n) is 16.1. The van der Waals surface area contributed by atoms with Gasteiger partial charge in [0.2, 0.25) is 15.9 Å². The van der Waals surface area contributed by atoms with E-state index in [1.807, 2.05) is 0 Å². The molecule has 3 aliphatic heterocycles. The van der Waals surface area contributed by atoms with Crippen LogP contribution < -0.4 is 10.6 Å². The first kappa shape index (κ1) is 19.6.